The lowest BCUT2D eigenvalue weighted by Crippen LogP contribution is -2.29. The molecular weight excluding hydrogens is 124 g/mol. The molecule has 1 N–H and O–H groups in total. The van der Waals surface area contributed by atoms with E-state index >= 15 is 0 Å². The average Bonchev–Trinajstić information content (AvgIpc) is 1.92. The minimum absolute atomic E-state index is 0.493. The standard InChI is InChI=1S/C8H16N2/c1-7-6-9-4-3-5-10-8(7)2/h5,7-9H,3-4,6H2,1-2H3/b10-5-. The van der Waals surface area contributed by atoms with E-state index in [1.807, 2.05) is 6.21 Å². The van der Waals surface area contributed by atoms with Crippen LogP contribution in [0, 0.1) is 5.92 Å². The second-order valence-corrected chi connectivity index (χ2v) is 3.04. The van der Waals surface area contributed by atoms with Gasteiger partial charge < -0.3 is 5.32 Å². The van der Waals surface area contributed by atoms with Gasteiger partial charge in [0.15, 0.2) is 0 Å². The molecule has 1 rings (SSSR count). The predicted molar refractivity (Wildman–Crippen MR) is 44.6 cm³/mol. The van der Waals surface area contributed by atoms with E-state index < -0.39 is 0 Å². The van der Waals surface area contributed by atoms with E-state index in [2.05, 4.69) is 24.2 Å². The van der Waals surface area contributed by atoms with E-state index in [0.29, 0.717) is 12.0 Å². The molecule has 0 spiro atoms. The molecule has 1 heterocycles. The van der Waals surface area contributed by atoms with E-state index in [4.69, 9.17) is 0 Å². The lowest BCUT2D eigenvalue weighted by Gasteiger charge is -2.18. The minimum Gasteiger partial charge on any atom is -0.316 e. The van der Waals surface area contributed by atoms with Gasteiger partial charge in [0.1, 0.15) is 0 Å². The Morgan fingerprint density at radius 3 is 3.10 bits per heavy atom. The van der Waals surface area contributed by atoms with Gasteiger partial charge in [-0.25, -0.2) is 0 Å². The van der Waals surface area contributed by atoms with Gasteiger partial charge in [-0.2, -0.15) is 0 Å². The van der Waals surface area contributed by atoms with Gasteiger partial charge in [-0.3, -0.25) is 4.99 Å². The molecule has 0 amide bonds. The molecule has 0 fully saturated rings. The molecule has 0 aromatic carbocycles. The molecule has 0 aromatic heterocycles. The van der Waals surface area contributed by atoms with Crippen LogP contribution >= 0.6 is 0 Å². The number of hydrogen-bond acceptors (Lipinski definition) is 2. The fourth-order valence-electron chi connectivity index (χ4n) is 1.05. The van der Waals surface area contributed by atoms with Crippen LogP contribution in [0.15, 0.2) is 4.99 Å². The number of aliphatic imine (C=N–C) groups is 1. The summed E-state index contributed by atoms with van der Waals surface area (Å²) in [4.78, 5) is 4.40. The van der Waals surface area contributed by atoms with Crippen LogP contribution in [0.25, 0.3) is 0 Å². The highest BCUT2D eigenvalue weighted by Crippen LogP contribution is 2.05. The van der Waals surface area contributed by atoms with Gasteiger partial charge in [0.2, 0.25) is 0 Å². The molecule has 0 bridgehead atoms. The Hall–Kier alpha value is -0.370. The smallest absolute Gasteiger partial charge is 0.0505 e. The van der Waals surface area contributed by atoms with Crippen molar-refractivity contribution in [3.05, 3.63) is 0 Å². The molecule has 2 nitrogen and oxygen atoms in total. The lowest BCUT2D eigenvalue weighted by molar-refractivity contribution is 0.444. The number of nitrogens with one attached hydrogen (secondary N) is 1. The Kier molecular flexibility index (Phi) is 2.87. The molecular formula is C8H16N2. The lowest BCUT2D eigenvalue weighted by atomic mass is 10.0. The summed E-state index contributed by atoms with van der Waals surface area (Å²) in [6, 6.07) is 0.493. The second-order valence-electron chi connectivity index (χ2n) is 3.04. The quantitative estimate of drug-likeness (QED) is 0.535. The van der Waals surface area contributed by atoms with E-state index in [1.165, 1.54) is 0 Å². The molecule has 1 aliphatic heterocycles. The molecule has 1 aliphatic rings. The van der Waals surface area contributed by atoms with Gasteiger partial charge in [-0.05, 0) is 25.8 Å². The molecule has 2 atom stereocenters. The molecule has 0 aliphatic carbocycles. The van der Waals surface area contributed by atoms with Crippen LogP contribution < -0.4 is 5.32 Å². The third-order valence-electron chi connectivity index (χ3n) is 2.08. The number of hydrogen-bond donors (Lipinski definition) is 1. The van der Waals surface area contributed by atoms with Gasteiger partial charge in [-0.1, -0.05) is 6.92 Å². The van der Waals surface area contributed by atoms with E-state index in [0.717, 1.165) is 19.5 Å². The SMILES string of the molecule is CC1CNCC/C=N\C1C. The number of rotatable bonds is 0. The zero-order chi connectivity index (χ0) is 7.40. The van der Waals surface area contributed by atoms with Crippen LogP contribution in [0.1, 0.15) is 20.3 Å². The second kappa shape index (κ2) is 3.71. The first-order valence-corrected chi connectivity index (χ1v) is 4.03. The van der Waals surface area contributed by atoms with Crippen molar-refractivity contribution in [3.8, 4) is 0 Å². The fourth-order valence-corrected chi connectivity index (χ4v) is 1.05. The summed E-state index contributed by atoms with van der Waals surface area (Å²) >= 11 is 0. The maximum absolute atomic E-state index is 4.40. The molecule has 0 aromatic rings. The maximum Gasteiger partial charge on any atom is 0.0505 e. The fraction of sp³-hybridized carbons (Fsp3) is 0.875. The van der Waals surface area contributed by atoms with Crippen molar-refractivity contribution in [2.45, 2.75) is 26.3 Å². The van der Waals surface area contributed by atoms with Crippen molar-refractivity contribution in [1.82, 2.24) is 5.32 Å². The summed E-state index contributed by atoms with van der Waals surface area (Å²) < 4.78 is 0. The third kappa shape index (κ3) is 2.10. The topological polar surface area (TPSA) is 24.4 Å². The normalized spacial score (nSPS) is 38.2. The van der Waals surface area contributed by atoms with E-state index in [9.17, 15) is 0 Å². The van der Waals surface area contributed by atoms with Crippen molar-refractivity contribution in [1.29, 1.82) is 0 Å². The van der Waals surface area contributed by atoms with Gasteiger partial charge in [-0.15, -0.1) is 0 Å². The number of nitrogens with zero attached hydrogens (tertiary/aromatic N) is 1. The van der Waals surface area contributed by atoms with Crippen LogP contribution in [-0.2, 0) is 0 Å². The monoisotopic (exact) mass is 140 g/mol. The Bertz CT molecular complexity index is 120. The first kappa shape index (κ1) is 7.73. The Labute approximate surface area is 62.7 Å². The summed E-state index contributed by atoms with van der Waals surface area (Å²) in [7, 11) is 0. The van der Waals surface area contributed by atoms with E-state index in [1.54, 1.807) is 0 Å². The Balaban J connectivity index is 2.44. The largest absolute Gasteiger partial charge is 0.316 e. The highest BCUT2D eigenvalue weighted by molar-refractivity contribution is 5.57. The first-order chi connectivity index (χ1) is 4.80. The molecule has 0 saturated heterocycles. The third-order valence-corrected chi connectivity index (χ3v) is 2.08. The van der Waals surface area contributed by atoms with Crippen molar-refractivity contribution >= 4 is 6.21 Å². The molecule has 0 radical (unpaired) electrons. The summed E-state index contributed by atoms with van der Waals surface area (Å²) in [5, 5.41) is 3.38. The van der Waals surface area contributed by atoms with Crippen LogP contribution in [0.3, 0.4) is 0 Å². The Morgan fingerprint density at radius 2 is 2.30 bits per heavy atom. The summed E-state index contributed by atoms with van der Waals surface area (Å²) in [5.41, 5.74) is 0. The summed E-state index contributed by atoms with van der Waals surface area (Å²) in [6.07, 6.45) is 3.12. The predicted octanol–water partition coefficient (Wildman–Crippen LogP) is 1.08. The van der Waals surface area contributed by atoms with Crippen LogP contribution in [0.5, 0.6) is 0 Å². The Morgan fingerprint density at radius 1 is 1.50 bits per heavy atom. The highest BCUT2D eigenvalue weighted by Gasteiger charge is 2.10. The highest BCUT2D eigenvalue weighted by atomic mass is 14.9. The van der Waals surface area contributed by atoms with Gasteiger partial charge in [0.05, 0.1) is 6.04 Å². The van der Waals surface area contributed by atoms with Gasteiger partial charge in [0.25, 0.3) is 0 Å². The van der Waals surface area contributed by atoms with Crippen molar-refractivity contribution in [3.63, 3.8) is 0 Å². The zero-order valence-corrected chi connectivity index (χ0v) is 6.80. The average molecular weight is 140 g/mol. The van der Waals surface area contributed by atoms with Crippen molar-refractivity contribution < 1.29 is 0 Å². The van der Waals surface area contributed by atoms with Gasteiger partial charge in [0, 0.05) is 12.8 Å². The molecule has 2 unspecified atom stereocenters. The van der Waals surface area contributed by atoms with E-state index in [-0.39, 0.29) is 0 Å². The maximum atomic E-state index is 4.40. The molecule has 2 heteroatoms. The molecule has 58 valence electrons. The van der Waals surface area contributed by atoms with Crippen LogP contribution in [0.2, 0.25) is 0 Å². The minimum atomic E-state index is 0.493. The van der Waals surface area contributed by atoms with Crippen LogP contribution in [0.4, 0.5) is 0 Å². The molecule has 0 saturated carbocycles. The summed E-state index contributed by atoms with van der Waals surface area (Å²) in [6.45, 7) is 6.60. The van der Waals surface area contributed by atoms with Crippen molar-refractivity contribution in [2.24, 2.45) is 10.9 Å². The first-order valence-electron chi connectivity index (χ1n) is 4.03. The van der Waals surface area contributed by atoms with Gasteiger partial charge >= 0.3 is 0 Å². The summed E-state index contributed by atoms with van der Waals surface area (Å²) in [5.74, 6) is 0.677. The van der Waals surface area contributed by atoms with Crippen LogP contribution in [-0.4, -0.2) is 25.3 Å². The zero-order valence-electron chi connectivity index (χ0n) is 6.80. The van der Waals surface area contributed by atoms with Crippen molar-refractivity contribution in [2.75, 3.05) is 13.1 Å². The molecule has 10 heavy (non-hydrogen) atoms.